The Morgan fingerprint density at radius 1 is 1.21 bits per heavy atom. The lowest BCUT2D eigenvalue weighted by molar-refractivity contribution is 0.0879. The number of nitrogens with one attached hydrogen (secondary N) is 1. The molecule has 1 aliphatic rings. The number of carbonyl (C=O) groups excluding carboxylic acids is 1. The van der Waals surface area contributed by atoms with E-state index in [1.54, 1.807) is 30.3 Å². The molecule has 2 aromatic rings. The minimum absolute atomic E-state index is 0.120. The Labute approximate surface area is 166 Å². The molecule has 28 heavy (non-hydrogen) atoms. The zero-order valence-electron chi connectivity index (χ0n) is 16.5. The fourth-order valence-electron chi connectivity index (χ4n) is 3.32. The molecule has 2 heterocycles. The van der Waals surface area contributed by atoms with Crippen LogP contribution in [0.1, 0.15) is 34.7 Å². The Balaban J connectivity index is 1.54. The molecule has 1 saturated heterocycles. The standard InChI is InChI=1S/C20H27N3O4S/c1-15-7-8-19(27-15)20(24)21-17-9-11-23(12-10-17)14-16-5-4-6-18(13-16)28(25,26)22(2)3/h4-8,13,17H,9-12,14H2,1-3H3,(H,21,24). The van der Waals surface area contributed by atoms with Gasteiger partial charge in [-0.25, -0.2) is 12.7 Å². The normalized spacial score (nSPS) is 16.4. The topological polar surface area (TPSA) is 82.9 Å². The highest BCUT2D eigenvalue weighted by molar-refractivity contribution is 7.89. The Kier molecular flexibility index (Phi) is 6.22. The predicted molar refractivity (Wildman–Crippen MR) is 107 cm³/mol. The minimum Gasteiger partial charge on any atom is -0.456 e. The van der Waals surface area contributed by atoms with Crippen LogP contribution in [0.15, 0.2) is 45.7 Å². The van der Waals surface area contributed by atoms with Gasteiger partial charge in [0.1, 0.15) is 5.76 Å². The second kappa shape index (κ2) is 8.46. The molecule has 0 unspecified atom stereocenters. The molecule has 8 heteroatoms. The van der Waals surface area contributed by atoms with Crippen LogP contribution in [0.5, 0.6) is 0 Å². The third-order valence-electron chi connectivity index (χ3n) is 4.97. The number of hydrogen-bond donors (Lipinski definition) is 1. The Bertz CT molecular complexity index is 928. The van der Waals surface area contributed by atoms with Crippen LogP contribution in [0.4, 0.5) is 0 Å². The third-order valence-corrected chi connectivity index (χ3v) is 6.78. The highest BCUT2D eigenvalue weighted by Crippen LogP contribution is 2.19. The number of furan rings is 1. The summed E-state index contributed by atoms with van der Waals surface area (Å²) in [6.45, 7) is 4.18. The molecule has 1 aromatic heterocycles. The molecular weight excluding hydrogens is 378 g/mol. The molecule has 0 atom stereocenters. The Morgan fingerprint density at radius 2 is 1.93 bits per heavy atom. The second-order valence-electron chi connectivity index (χ2n) is 7.37. The quantitative estimate of drug-likeness (QED) is 0.797. The van der Waals surface area contributed by atoms with Gasteiger partial charge in [0, 0.05) is 39.8 Å². The second-order valence-corrected chi connectivity index (χ2v) is 9.52. The SMILES string of the molecule is Cc1ccc(C(=O)NC2CCN(Cc3cccc(S(=O)(=O)N(C)C)c3)CC2)o1. The molecule has 1 fully saturated rings. The van der Waals surface area contributed by atoms with E-state index >= 15 is 0 Å². The van der Waals surface area contributed by atoms with E-state index in [-0.39, 0.29) is 11.9 Å². The number of carbonyl (C=O) groups is 1. The summed E-state index contributed by atoms with van der Waals surface area (Å²) in [6, 6.07) is 10.7. The van der Waals surface area contributed by atoms with Crippen LogP contribution in [0.3, 0.4) is 0 Å². The van der Waals surface area contributed by atoms with Gasteiger partial charge in [-0.3, -0.25) is 9.69 Å². The summed E-state index contributed by atoms with van der Waals surface area (Å²) in [7, 11) is -0.363. The number of piperidine rings is 1. The van der Waals surface area contributed by atoms with Crippen LogP contribution in [-0.2, 0) is 16.6 Å². The molecule has 0 aliphatic carbocycles. The van der Waals surface area contributed by atoms with Gasteiger partial charge in [-0.1, -0.05) is 12.1 Å². The van der Waals surface area contributed by atoms with E-state index in [0.717, 1.165) is 37.3 Å². The molecule has 0 spiro atoms. The van der Waals surface area contributed by atoms with Gasteiger partial charge in [0.15, 0.2) is 5.76 Å². The molecule has 1 aromatic carbocycles. The lowest BCUT2D eigenvalue weighted by atomic mass is 10.0. The van der Waals surface area contributed by atoms with Crippen molar-refractivity contribution in [3.8, 4) is 0 Å². The van der Waals surface area contributed by atoms with Crippen molar-refractivity contribution in [2.45, 2.75) is 37.2 Å². The summed E-state index contributed by atoms with van der Waals surface area (Å²) >= 11 is 0. The molecule has 1 aliphatic heterocycles. The van der Waals surface area contributed by atoms with Gasteiger partial charge >= 0.3 is 0 Å². The fraction of sp³-hybridized carbons (Fsp3) is 0.450. The Morgan fingerprint density at radius 3 is 2.54 bits per heavy atom. The van der Waals surface area contributed by atoms with Gasteiger partial charge < -0.3 is 9.73 Å². The molecule has 0 radical (unpaired) electrons. The monoisotopic (exact) mass is 405 g/mol. The highest BCUT2D eigenvalue weighted by atomic mass is 32.2. The third kappa shape index (κ3) is 4.81. The first-order valence-corrected chi connectivity index (χ1v) is 10.8. The molecule has 1 N–H and O–H groups in total. The summed E-state index contributed by atoms with van der Waals surface area (Å²) in [6.07, 6.45) is 1.70. The van der Waals surface area contributed by atoms with E-state index in [1.165, 1.54) is 18.4 Å². The van der Waals surface area contributed by atoms with Crippen molar-refractivity contribution in [2.75, 3.05) is 27.2 Å². The van der Waals surface area contributed by atoms with Crippen LogP contribution >= 0.6 is 0 Å². The Hall–Kier alpha value is -2.16. The van der Waals surface area contributed by atoms with Crippen LogP contribution < -0.4 is 5.32 Å². The number of aryl methyl sites for hydroxylation is 1. The summed E-state index contributed by atoms with van der Waals surface area (Å²) < 4.78 is 31.2. The number of likely N-dealkylation sites (tertiary alicyclic amines) is 1. The smallest absolute Gasteiger partial charge is 0.287 e. The van der Waals surface area contributed by atoms with Crippen molar-refractivity contribution in [3.05, 3.63) is 53.5 Å². The van der Waals surface area contributed by atoms with Crippen molar-refractivity contribution in [1.82, 2.24) is 14.5 Å². The summed E-state index contributed by atoms with van der Waals surface area (Å²) in [5.41, 5.74) is 0.969. The lowest BCUT2D eigenvalue weighted by Crippen LogP contribution is -2.44. The lowest BCUT2D eigenvalue weighted by Gasteiger charge is -2.32. The van der Waals surface area contributed by atoms with Crippen LogP contribution in [0.25, 0.3) is 0 Å². The first-order chi connectivity index (χ1) is 13.3. The zero-order valence-corrected chi connectivity index (χ0v) is 17.3. The van der Waals surface area contributed by atoms with Gasteiger partial charge in [0.05, 0.1) is 4.90 Å². The van der Waals surface area contributed by atoms with Crippen LogP contribution in [0.2, 0.25) is 0 Å². The van der Waals surface area contributed by atoms with Gasteiger partial charge in [-0.15, -0.1) is 0 Å². The summed E-state index contributed by atoms with van der Waals surface area (Å²) in [4.78, 5) is 14.8. The van der Waals surface area contributed by atoms with Gasteiger partial charge in [0.2, 0.25) is 10.0 Å². The van der Waals surface area contributed by atoms with E-state index in [4.69, 9.17) is 4.42 Å². The van der Waals surface area contributed by atoms with Crippen molar-refractivity contribution in [2.24, 2.45) is 0 Å². The van der Waals surface area contributed by atoms with Gasteiger partial charge in [0.25, 0.3) is 5.91 Å². The summed E-state index contributed by atoms with van der Waals surface area (Å²) in [5.74, 6) is 0.894. The van der Waals surface area contributed by atoms with Crippen molar-refractivity contribution in [3.63, 3.8) is 0 Å². The fourth-order valence-corrected chi connectivity index (χ4v) is 4.29. The van der Waals surface area contributed by atoms with Crippen LogP contribution in [-0.4, -0.2) is 56.8 Å². The van der Waals surface area contributed by atoms with Crippen molar-refractivity contribution < 1.29 is 17.6 Å². The maximum Gasteiger partial charge on any atom is 0.287 e. The molecule has 0 bridgehead atoms. The van der Waals surface area contributed by atoms with E-state index in [9.17, 15) is 13.2 Å². The van der Waals surface area contributed by atoms with E-state index in [2.05, 4.69) is 10.2 Å². The average molecular weight is 406 g/mol. The zero-order chi connectivity index (χ0) is 20.3. The van der Waals surface area contributed by atoms with Crippen molar-refractivity contribution in [1.29, 1.82) is 0 Å². The maximum atomic E-state index is 12.3. The number of rotatable bonds is 6. The molecular formula is C20H27N3O4S. The molecule has 152 valence electrons. The number of nitrogens with zero attached hydrogens (tertiary/aromatic N) is 2. The highest BCUT2D eigenvalue weighted by Gasteiger charge is 2.23. The number of benzene rings is 1. The van der Waals surface area contributed by atoms with E-state index in [0.29, 0.717) is 17.2 Å². The van der Waals surface area contributed by atoms with Gasteiger partial charge in [-0.05, 0) is 49.6 Å². The first-order valence-electron chi connectivity index (χ1n) is 9.37. The van der Waals surface area contributed by atoms with Crippen LogP contribution in [0, 0.1) is 6.92 Å². The van der Waals surface area contributed by atoms with Gasteiger partial charge in [-0.2, -0.15) is 0 Å². The number of sulfonamides is 1. The number of amides is 1. The average Bonchev–Trinajstić information content (AvgIpc) is 3.10. The molecule has 1 amide bonds. The van der Waals surface area contributed by atoms with Crippen molar-refractivity contribution >= 4 is 15.9 Å². The largest absolute Gasteiger partial charge is 0.456 e. The summed E-state index contributed by atoms with van der Waals surface area (Å²) in [5, 5.41) is 3.03. The maximum absolute atomic E-state index is 12.3. The van der Waals surface area contributed by atoms with E-state index < -0.39 is 10.0 Å². The number of hydrogen-bond acceptors (Lipinski definition) is 5. The first kappa shape index (κ1) is 20.6. The molecule has 7 nitrogen and oxygen atoms in total. The van der Waals surface area contributed by atoms with E-state index in [1.807, 2.05) is 13.0 Å². The molecule has 0 saturated carbocycles. The molecule has 3 rings (SSSR count). The minimum atomic E-state index is -3.43. The predicted octanol–water partition coefficient (Wildman–Crippen LogP) is 2.23.